The molecule has 3 nitrogen and oxygen atoms in total. The van der Waals surface area contributed by atoms with Crippen molar-refractivity contribution in [2.45, 2.75) is 32.8 Å². The second-order valence-electron chi connectivity index (χ2n) is 5.03. The van der Waals surface area contributed by atoms with Gasteiger partial charge in [0.25, 0.3) is 0 Å². The van der Waals surface area contributed by atoms with Gasteiger partial charge in [-0.3, -0.25) is 4.79 Å². The Morgan fingerprint density at radius 3 is 2.83 bits per heavy atom. The summed E-state index contributed by atoms with van der Waals surface area (Å²) in [5, 5.41) is 9.65. The van der Waals surface area contributed by atoms with Crippen LogP contribution in [-0.4, -0.2) is 30.1 Å². The zero-order valence-corrected chi connectivity index (χ0v) is 11.1. The first-order chi connectivity index (χ1) is 8.63. The van der Waals surface area contributed by atoms with Crippen LogP contribution in [0.2, 0.25) is 0 Å². The predicted molar refractivity (Wildman–Crippen MR) is 73.1 cm³/mol. The molecular weight excluding hydrogens is 226 g/mol. The summed E-state index contributed by atoms with van der Waals surface area (Å²) in [6.07, 6.45) is 1.25. The molecule has 1 heterocycles. The number of para-hydroxylation sites is 1. The molecule has 0 aliphatic carbocycles. The van der Waals surface area contributed by atoms with Gasteiger partial charge in [-0.1, -0.05) is 19.1 Å². The minimum Gasteiger partial charge on any atom is -0.393 e. The van der Waals surface area contributed by atoms with Gasteiger partial charge < -0.3 is 10.0 Å². The molecule has 1 aliphatic rings. The Kier molecular flexibility index (Phi) is 4.02. The monoisotopic (exact) mass is 247 g/mol. The van der Waals surface area contributed by atoms with Gasteiger partial charge in [-0.2, -0.15) is 0 Å². The van der Waals surface area contributed by atoms with Gasteiger partial charge in [0.1, 0.15) is 0 Å². The van der Waals surface area contributed by atoms with E-state index in [1.165, 1.54) is 0 Å². The lowest BCUT2D eigenvalue weighted by Crippen LogP contribution is -2.25. The van der Waals surface area contributed by atoms with Crippen LogP contribution in [-0.2, 0) is 0 Å². The first kappa shape index (κ1) is 13.1. The molecule has 1 N–H and O–H groups in total. The van der Waals surface area contributed by atoms with Crippen LogP contribution in [0.15, 0.2) is 24.3 Å². The standard InChI is InChI=1S/C15H21NO2/c1-3-15(18)13-6-4-5-7-14(13)16-9-8-12(10-16)11(2)17/h4-7,11-12,17H,3,8-10H2,1-2H3. The summed E-state index contributed by atoms with van der Waals surface area (Å²) >= 11 is 0. The third-order valence-corrected chi connectivity index (χ3v) is 3.77. The van der Waals surface area contributed by atoms with E-state index >= 15 is 0 Å². The van der Waals surface area contributed by atoms with Crippen molar-refractivity contribution < 1.29 is 9.90 Å². The molecule has 1 saturated heterocycles. The number of hydrogen-bond donors (Lipinski definition) is 1. The molecule has 0 bridgehead atoms. The molecule has 0 radical (unpaired) electrons. The summed E-state index contributed by atoms with van der Waals surface area (Å²) < 4.78 is 0. The molecule has 2 atom stereocenters. The van der Waals surface area contributed by atoms with Gasteiger partial charge >= 0.3 is 0 Å². The number of aliphatic hydroxyl groups is 1. The van der Waals surface area contributed by atoms with Crippen LogP contribution in [0.1, 0.15) is 37.0 Å². The second-order valence-corrected chi connectivity index (χ2v) is 5.03. The van der Waals surface area contributed by atoms with Crippen molar-refractivity contribution in [3.05, 3.63) is 29.8 Å². The van der Waals surface area contributed by atoms with Crippen molar-refractivity contribution >= 4 is 11.5 Å². The van der Waals surface area contributed by atoms with E-state index in [-0.39, 0.29) is 11.9 Å². The lowest BCUT2D eigenvalue weighted by atomic mass is 10.0. The fourth-order valence-corrected chi connectivity index (χ4v) is 2.58. The summed E-state index contributed by atoms with van der Waals surface area (Å²) in [7, 11) is 0. The molecule has 1 fully saturated rings. The smallest absolute Gasteiger partial charge is 0.164 e. The van der Waals surface area contributed by atoms with Crippen LogP contribution in [0.3, 0.4) is 0 Å². The number of rotatable bonds is 4. The fourth-order valence-electron chi connectivity index (χ4n) is 2.58. The van der Waals surface area contributed by atoms with Crippen LogP contribution in [0, 0.1) is 5.92 Å². The average Bonchev–Trinajstić information content (AvgIpc) is 2.87. The first-order valence-electron chi connectivity index (χ1n) is 6.68. The van der Waals surface area contributed by atoms with Gasteiger partial charge in [-0.15, -0.1) is 0 Å². The molecule has 0 spiro atoms. The normalized spacial score (nSPS) is 21.1. The van der Waals surface area contributed by atoms with Crippen molar-refractivity contribution in [1.29, 1.82) is 0 Å². The third-order valence-electron chi connectivity index (χ3n) is 3.77. The molecule has 98 valence electrons. The van der Waals surface area contributed by atoms with Crippen molar-refractivity contribution in [2.24, 2.45) is 5.92 Å². The van der Waals surface area contributed by atoms with E-state index in [0.29, 0.717) is 12.3 Å². The van der Waals surface area contributed by atoms with Crippen LogP contribution in [0.4, 0.5) is 5.69 Å². The number of anilines is 1. The maximum atomic E-state index is 11.9. The van der Waals surface area contributed by atoms with Gasteiger partial charge in [-0.25, -0.2) is 0 Å². The third kappa shape index (κ3) is 2.56. The van der Waals surface area contributed by atoms with E-state index < -0.39 is 0 Å². The van der Waals surface area contributed by atoms with Crippen LogP contribution >= 0.6 is 0 Å². The van der Waals surface area contributed by atoms with Crippen molar-refractivity contribution in [2.75, 3.05) is 18.0 Å². The molecule has 1 aromatic carbocycles. The highest BCUT2D eigenvalue weighted by molar-refractivity contribution is 6.01. The van der Waals surface area contributed by atoms with E-state index in [4.69, 9.17) is 0 Å². The molecule has 2 rings (SSSR count). The highest BCUT2D eigenvalue weighted by Gasteiger charge is 2.27. The Morgan fingerprint density at radius 1 is 1.50 bits per heavy atom. The van der Waals surface area contributed by atoms with Crippen LogP contribution in [0.5, 0.6) is 0 Å². The van der Waals surface area contributed by atoms with Gasteiger partial charge in [0.05, 0.1) is 6.10 Å². The topological polar surface area (TPSA) is 40.5 Å². The predicted octanol–water partition coefficient (Wildman–Crippen LogP) is 2.49. The van der Waals surface area contributed by atoms with E-state index in [1.54, 1.807) is 0 Å². The van der Waals surface area contributed by atoms with Gasteiger partial charge in [-0.05, 0) is 25.5 Å². The number of Topliss-reactive ketones (excluding diaryl/α,β-unsaturated/α-hetero) is 1. The summed E-state index contributed by atoms with van der Waals surface area (Å²) in [5.74, 6) is 0.501. The van der Waals surface area contributed by atoms with E-state index in [1.807, 2.05) is 38.1 Å². The zero-order chi connectivity index (χ0) is 13.1. The lowest BCUT2D eigenvalue weighted by molar-refractivity contribution is 0.0988. The fraction of sp³-hybridized carbons (Fsp3) is 0.533. The van der Waals surface area contributed by atoms with Crippen LogP contribution < -0.4 is 4.90 Å². The Hall–Kier alpha value is -1.35. The van der Waals surface area contributed by atoms with Gasteiger partial charge in [0, 0.05) is 36.7 Å². The Bertz CT molecular complexity index is 428. The number of carbonyl (C=O) groups is 1. The number of benzene rings is 1. The Labute approximate surface area is 108 Å². The summed E-state index contributed by atoms with van der Waals surface area (Å²) in [6.45, 7) is 5.49. The number of ketones is 1. The van der Waals surface area contributed by atoms with E-state index in [9.17, 15) is 9.90 Å². The first-order valence-corrected chi connectivity index (χ1v) is 6.68. The molecular formula is C15H21NO2. The van der Waals surface area contributed by atoms with Crippen molar-refractivity contribution in [1.82, 2.24) is 0 Å². The summed E-state index contributed by atoms with van der Waals surface area (Å²) in [6, 6.07) is 7.79. The Morgan fingerprint density at radius 2 is 2.22 bits per heavy atom. The number of hydrogen-bond acceptors (Lipinski definition) is 3. The molecule has 18 heavy (non-hydrogen) atoms. The SMILES string of the molecule is CCC(=O)c1ccccc1N1CCC(C(C)O)C1. The summed E-state index contributed by atoms with van der Waals surface area (Å²) in [5.41, 5.74) is 1.83. The maximum absolute atomic E-state index is 11.9. The minimum absolute atomic E-state index is 0.186. The molecule has 0 amide bonds. The largest absolute Gasteiger partial charge is 0.393 e. The second kappa shape index (κ2) is 5.53. The number of nitrogens with zero attached hydrogens (tertiary/aromatic N) is 1. The number of aliphatic hydroxyl groups excluding tert-OH is 1. The number of carbonyl (C=O) groups excluding carboxylic acids is 1. The molecule has 1 aliphatic heterocycles. The van der Waals surface area contributed by atoms with E-state index in [2.05, 4.69) is 4.90 Å². The lowest BCUT2D eigenvalue weighted by Gasteiger charge is -2.22. The maximum Gasteiger partial charge on any atom is 0.164 e. The quantitative estimate of drug-likeness (QED) is 0.831. The highest BCUT2D eigenvalue weighted by Crippen LogP contribution is 2.29. The Balaban J connectivity index is 2.22. The zero-order valence-electron chi connectivity index (χ0n) is 11.1. The molecule has 0 saturated carbocycles. The molecule has 3 heteroatoms. The van der Waals surface area contributed by atoms with Gasteiger partial charge in [0.2, 0.25) is 0 Å². The minimum atomic E-state index is -0.274. The van der Waals surface area contributed by atoms with E-state index in [0.717, 1.165) is 30.8 Å². The van der Waals surface area contributed by atoms with Crippen molar-refractivity contribution in [3.8, 4) is 0 Å². The molecule has 2 unspecified atom stereocenters. The molecule has 1 aromatic rings. The molecule has 0 aromatic heterocycles. The summed E-state index contributed by atoms with van der Waals surface area (Å²) in [4.78, 5) is 14.2. The van der Waals surface area contributed by atoms with Crippen molar-refractivity contribution in [3.63, 3.8) is 0 Å². The van der Waals surface area contributed by atoms with Crippen LogP contribution in [0.25, 0.3) is 0 Å². The highest BCUT2D eigenvalue weighted by atomic mass is 16.3. The average molecular weight is 247 g/mol. The van der Waals surface area contributed by atoms with Gasteiger partial charge in [0.15, 0.2) is 5.78 Å².